The van der Waals surface area contributed by atoms with Gasteiger partial charge in [-0.1, -0.05) is 24.8 Å². The maximum atomic E-state index is 5.50. The van der Waals surface area contributed by atoms with Crippen LogP contribution in [-0.4, -0.2) is 56.0 Å². The van der Waals surface area contributed by atoms with Crippen LogP contribution in [0.2, 0.25) is 0 Å². The first-order valence-electron chi connectivity index (χ1n) is 8.90. The molecule has 0 spiro atoms. The summed E-state index contributed by atoms with van der Waals surface area (Å²) in [5.41, 5.74) is 2.77. The number of morpholine rings is 1. The molecule has 1 aromatic carbocycles. The minimum Gasteiger partial charge on any atom is -0.378 e. The maximum Gasteiger partial charge on any atom is 0.166 e. The van der Waals surface area contributed by atoms with Gasteiger partial charge in [0.05, 0.1) is 26.0 Å². The van der Waals surface area contributed by atoms with Crippen molar-refractivity contribution in [3.05, 3.63) is 66.0 Å². The number of hydrogen-bond acceptors (Lipinski definition) is 7. The van der Waals surface area contributed by atoms with Gasteiger partial charge in [-0.15, -0.1) is 0 Å². The number of benzene rings is 1. The summed E-state index contributed by atoms with van der Waals surface area (Å²) >= 11 is 0. The highest BCUT2D eigenvalue weighted by atomic mass is 17.2. The topological polar surface area (TPSA) is 67.7 Å². The van der Waals surface area contributed by atoms with Gasteiger partial charge in [0.2, 0.25) is 0 Å². The number of hydrogen-bond donors (Lipinski definition) is 1. The molecule has 1 fully saturated rings. The Bertz CT molecular complexity index is 851. The molecule has 140 valence electrons. The van der Waals surface area contributed by atoms with Crippen LogP contribution in [0.5, 0.6) is 5.75 Å². The van der Waals surface area contributed by atoms with Crippen LogP contribution in [0.1, 0.15) is 5.56 Å². The van der Waals surface area contributed by atoms with Gasteiger partial charge < -0.3 is 19.8 Å². The van der Waals surface area contributed by atoms with Crippen molar-refractivity contribution < 1.29 is 14.5 Å². The lowest BCUT2D eigenvalue weighted by Crippen LogP contribution is -2.52. The number of dihydropyridines is 1. The zero-order valence-electron chi connectivity index (χ0n) is 15.2. The smallest absolute Gasteiger partial charge is 0.166 e. The molecule has 1 N–H and O–H groups in total. The molecule has 3 heterocycles. The van der Waals surface area contributed by atoms with Gasteiger partial charge >= 0.3 is 0 Å². The second-order valence-corrected chi connectivity index (χ2v) is 6.30. The lowest BCUT2D eigenvalue weighted by molar-refractivity contribution is -0.178. The molecule has 0 radical (unpaired) electrons. The van der Waals surface area contributed by atoms with Crippen molar-refractivity contribution in [1.29, 1.82) is 0 Å². The largest absolute Gasteiger partial charge is 0.378 e. The quantitative estimate of drug-likeness (QED) is 0.652. The molecule has 7 heteroatoms. The summed E-state index contributed by atoms with van der Waals surface area (Å²) < 4.78 is 5.50. The SMILES string of the molecule is C=CC1=CNC2C(=C1)N=C(c1cccc(OOC)c1)N=C2N1CCOCC1. The summed E-state index contributed by atoms with van der Waals surface area (Å²) in [6, 6.07) is 7.47. The molecule has 0 aliphatic carbocycles. The number of ether oxygens (including phenoxy) is 1. The van der Waals surface area contributed by atoms with Crippen molar-refractivity contribution in [3.63, 3.8) is 0 Å². The van der Waals surface area contributed by atoms with Crippen LogP contribution in [0, 0.1) is 0 Å². The number of nitrogens with one attached hydrogen (secondary N) is 1. The first-order valence-corrected chi connectivity index (χ1v) is 8.90. The van der Waals surface area contributed by atoms with E-state index in [0.717, 1.165) is 35.8 Å². The third-order valence-electron chi connectivity index (χ3n) is 4.58. The van der Waals surface area contributed by atoms with Gasteiger partial charge in [-0.3, -0.25) is 0 Å². The molecule has 4 rings (SSSR count). The van der Waals surface area contributed by atoms with E-state index in [1.54, 1.807) is 6.08 Å². The van der Waals surface area contributed by atoms with Crippen LogP contribution >= 0.6 is 0 Å². The van der Waals surface area contributed by atoms with Crippen molar-refractivity contribution in [2.24, 2.45) is 9.98 Å². The van der Waals surface area contributed by atoms with Gasteiger partial charge in [0.15, 0.2) is 11.6 Å². The molecular weight excluding hydrogens is 344 g/mol. The summed E-state index contributed by atoms with van der Waals surface area (Å²) in [6.45, 7) is 6.86. The third kappa shape index (κ3) is 3.65. The average Bonchev–Trinajstić information content (AvgIpc) is 2.73. The number of aliphatic imine (C=N–C) groups is 2. The van der Waals surface area contributed by atoms with Crippen LogP contribution in [0.4, 0.5) is 0 Å². The first kappa shape index (κ1) is 17.5. The molecule has 3 aliphatic heterocycles. The lowest BCUT2D eigenvalue weighted by atomic mass is 10.0. The fourth-order valence-electron chi connectivity index (χ4n) is 3.26. The highest BCUT2D eigenvalue weighted by molar-refractivity contribution is 6.11. The Morgan fingerprint density at radius 3 is 2.93 bits per heavy atom. The molecule has 27 heavy (non-hydrogen) atoms. The van der Waals surface area contributed by atoms with Crippen LogP contribution in [0.25, 0.3) is 0 Å². The Hall–Kier alpha value is -2.90. The minimum absolute atomic E-state index is 0.0750. The lowest BCUT2D eigenvalue weighted by Gasteiger charge is -2.36. The Morgan fingerprint density at radius 2 is 2.15 bits per heavy atom. The minimum atomic E-state index is -0.0750. The number of allylic oxidation sites excluding steroid dienone is 3. The Labute approximate surface area is 158 Å². The van der Waals surface area contributed by atoms with Crippen molar-refractivity contribution in [2.45, 2.75) is 6.04 Å². The van der Waals surface area contributed by atoms with E-state index < -0.39 is 0 Å². The third-order valence-corrected chi connectivity index (χ3v) is 4.58. The maximum absolute atomic E-state index is 5.50. The molecule has 3 aliphatic rings. The second-order valence-electron chi connectivity index (χ2n) is 6.30. The summed E-state index contributed by atoms with van der Waals surface area (Å²) in [5, 5.41) is 3.41. The second kappa shape index (κ2) is 7.77. The van der Waals surface area contributed by atoms with E-state index in [1.807, 2.05) is 36.5 Å². The zero-order valence-corrected chi connectivity index (χ0v) is 15.2. The van der Waals surface area contributed by atoms with E-state index in [1.165, 1.54) is 7.11 Å². The van der Waals surface area contributed by atoms with Gasteiger partial charge in [0.25, 0.3) is 0 Å². The predicted molar refractivity (Wildman–Crippen MR) is 104 cm³/mol. The highest BCUT2D eigenvalue weighted by Gasteiger charge is 2.32. The van der Waals surface area contributed by atoms with E-state index in [0.29, 0.717) is 24.8 Å². The first-order chi connectivity index (χ1) is 13.3. The summed E-state index contributed by atoms with van der Waals surface area (Å²) in [4.78, 5) is 21.9. The average molecular weight is 366 g/mol. The van der Waals surface area contributed by atoms with E-state index in [4.69, 9.17) is 24.5 Å². The molecule has 1 unspecified atom stereocenters. The Kier molecular flexibility index (Phi) is 5.04. The Balaban J connectivity index is 1.74. The van der Waals surface area contributed by atoms with Crippen molar-refractivity contribution in [3.8, 4) is 5.75 Å². The molecule has 0 amide bonds. The van der Waals surface area contributed by atoms with Gasteiger partial charge in [-0.05, 0) is 23.8 Å². The molecule has 1 atom stereocenters. The zero-order chi connectivity index (χ0) is 18.6. The van der Waals surface area contributed by atoms with Gasteiger partial charge in [-0.25, -0.2) is 9.98 Å². The molecule has 0 saturated carbocycles. The fourth-order valence-corrected chi connectivity index (χ4v) is 3.26. The van der Waals surface area contributed by atoms with Gasteiger partial charge in [-0.2, -0.15) is 4.89 Å². The molecule has 7 nitrogen and oxygen atoms in total. The molecule has 1 saturated heterocycles. The summed E-state index contributed by atoms with van der Waals surface area (Å²) in [5.74, 6) is 2.20. The number of amidine groups is 2. The standard InChI is InChI=1S/C20H22N4O3/c1-3-14-11-17-18(21-13-14)20(24-7-9-26-10-8-24)23-19(22-17)15-5-4-6-16(12-15)27-25-2/h3-6,11-13,18,21H,1,7-10H2,2H3. The van der Waals surface area contributed by atoms with Crippen LogP contribution in [-0.2, 0) is 9.62 Å². The molecule has 1 aromatic rings. The predicted octanol–water partition coefficient (Wildman–Crippen LogP) is 2.04. The molecule has 0 aromatic heterocycles. The molecule has 0 bridgehead atoms. The van der Waals surface area contributed by atoms with Crippen LogP contribution < -0.4 is 10.2 Å². The van der Waals surface area contributed by atoms with Crippen molar-refractivity contribution in [1.82, 2.24) is 10.2 Å². The normalized spacial score (nSPS) is 21.8. The summed E-state index contributed by atoms with van der Waals surface area (Å²) in [6.07, 6.45) is 5.79. The summed E-state index contributed by atoms with van der Waals surface area (Å²) in [7, 11) is 1.48. The van der Waals surface area contributed by atoms with Gasteiger partial charge in [0, 0.05) is 24.9 Å². The number of nitrogens with zero attached hydrogens (tertiary/aromatic N) is 3. The Morgan fingerprint density at radius 1 is 1.30 bits per heavy atom. The van der Waals surface area contributed by atoms with Crippen LogP contribution in [0.15, 0.2) is 70.5 Å². The van der Waals surface area contributed by atoms with E-state index in [-0.39, 0.29) is 6.04 Å². The number of fused-ring (bicyclic) bond motifs is 1. The van der Waals surface area contributed by atoms with Crippen LogP contribution in [0.3, 0.4) is 0 Å². The van der Waals surface area contributed by atoms with Crippen molar-refractivity contribution in [2.75, 3.05) is 33.4 Å². The number of rotatable bonds is 4. The van der Waals surface area contributed by atoms with E-state index in [2.05, 4.69) is 16.8 Å². The van der Waals surface area contributed by atoms with E-state index in [9.17, 15) is 0 Å². The highest BCUT2D eigenvalue weighted by Crippen LogP contribution is 2.25. The van der Waals surface area contributed by atoms with Crippen molar-refractivity contribution >= 4 is 11.7 Å². The van der Waals surface area contributed by atoms with Gasteiger partial charge in [0.1, 0.15) is 11.9 Å². The monoisotopic (exact) mass is 366 g/mol. The molecular formula is C20H22N4O3. The fraction of sp³-hybridized carbons (Fsp3) is 0.300. The van der Waals surface area contributed by atoms with E-state index >= 15 is 0 Å².